The van der Waals surface area contributed by atoms with Gasteiger partial charge in [-0.2, -0.15) is 0 Å². The van der Waals surface area contributed by atoms with Crippen LogP contribution in [0.15, 0.2) is 88.2 Å². The molecular weight excluding hydrogens is 532 g/mol. The molecule has 3 aromatic rings. The molecule has 0 saturated carbocycles. The Bertz CT molecular complexity index is 1100. The number of carbonyl (C=O) groups excluding carboxylic acids is 2. The Morgan fingerprint density at radius 1 is 0.944 bits per heavy atom. The highest BCUT2D eigenvalue weighted by molar-refractivity contribution is 9.10. The van der Waals surface area contributed by atoms with Gasteiger partial charge in [-0.05, 0) is 55.7 Å². The number of thioether (sulfide) groups is 1. The summed E-state index contributed by atoms with van der Waals surface area (Å²) in [7, 11) is 0. The Balaban J connectivity index is 1.84. The Morgan fingerprint density at radius 2 is 1.61 bits per heavy atom. The molecule has 1 N–H and O–H groups in total. The molecule has 0 saturated heterocycles. The lowest BCUT2D eigenvalue weighted by molar-refractivity contribution is -0.141. The van der Waals surface area contributed by atoms with Crippen molar-refractivity contribution in [2.24, 2.45) is 0 Å². The second-order valence-electron chi connectivity index (χ2n) is 9.08. The molecule has 3 aromatic carbocycles. The molecule has 6 heteroatoms. The van der Waals surface area contributed by atoms with Crippen LogP contribution in [0.3, 0.4) is 0 Å². The third-order valence-electron chi connectivity index (χ3n) is 6.14. The first-order valence-corrected chi connectivity index (χ1v) is 14.2. The summed E-state index contributed by atoms with van der Waals surface area (Å²) in [5.41, 5.74) is 3.24. The van der Waals surface area contributed by atoms with Gasteiger partial charge in [-0.15, -0.1) is 11.8 Å². The van der Waals surface area contributed by atoms with E-state index in [0.717, 1.165) is 26.9 Å². The molecule has 2 atom stereocenters. The summed E-state index contributed by atoms with van der Waals surface area (Å²) in [5, 5.41) is 3.12. The number of hydrogen-bond donors (Lipinski definition) is 1. The lowest BCUT2D eigenvalue weighted by Crippen LogP contribution is -2.52. The van der Waals surface area contributed by atoms with Crippen LogP contribution in [0.5, 0.6) is 0 Å². The summed E-state index contributed by atoms with van der Waals surface area (Å²) in [6, 6.07) is 25.6. The van der Waals surface area contributed by atoms with Crippen molar-refractivity contribution in [1.29, 1.82) is 0 Å². The number of amides is 2. The van der Waals surface area contributed by atoms with Crippen LogP contribution in [0, 0.1) is 6.92 Å². The summed E-state index contributed by atoms with van der Waals surface area (Å²) in [4.78, 5) is 30.1. The minimum absolute atomic E-state index is 0.0160. The van der Waals surface area contributed by atoms with E-state index in [9.17, 15) is 9.59 Å². The quantitative estimate of drug-likeness (QED) is 0.245. The second-order valence-corrected chi connectivity index (χ2v) is 11.2. The van der Waals surface area contributed by atoms with Gasteiger partial charge in [0.15, 0.2) is 0 Å². The van der Waals surface area contributed by atoms with E-state index in [-0.39, 0.29) is 17.9 Å². The number of aryl methyl sites for hydroxylation is 1. The van der Waals surface area contributed by atoms with E-state index in [1.54, 1.807) is 16.7 Å². The zero-order valence-corrected chi connectivity index (χ0v) is 23.6. The van der Waals surface area contributed by atoms with Crippen molar-refractivity contribution >= 4 is 39.5 Å². The maximum Gasteiger partial charge on any atom is 0.243 e. The van der Waals surface area contributed by atoms with Crippen molar-refractivity contribution in [2.45, 2.75) is 63.6 Å². The van der Waals surface area contributed by atoms with Crippen LogP contribution >= 0.6 is 27.7 Å². The molecule has 0 heterocycles. The maximum atomic E-state index is 13.7. The van der Waals surface area contributed by atoms with Gasteiger partial charge in [0, 0.05) is 40.5 Å². The first-order chi connectivity index (χ1) is 17.4. The smallest absolute Gasteiger partial charge is 0.243 e. The van der Waals surface area contributed by atoms with E-state index in [4.69, 9.17) is 0 Å². The van der Waals surface area contributed by atoms with Crippen LogP contribution in [0.2, 0.25) is 0 Å². The van der Waals surface area contributed by atoms with E-state index in [0.29, 0.717) is 25.1 Å². The monoisotopic (exact) mass is 566 g/mol. The minimum Gasteiger partial charge on any atom is -0.352 e. The molecule has 36 heavy (non-hydrogen) atoms. The molecular formula is C30H35BrN2O2S. The zero-order chi connectivity index (χ0) is 25.9. The van der Waals surface area contributed by atoms with Crippen molar-refractivity contribution in [3.63, 3.8) is 0 Å². The third kappa shape index (κ3) is 8.82. The number of halogens is 1. The van der Waals surface area contributed by atoms with Crippen LogP contribution in [-0.2, 0) is 22.6 Å². The molecule has 0 unspecified atom stereocenters. The molecule has 0 aliphatic heterocycles. The Kier molecular flexibility index (Phi) is 11.1. The Hall–Kier alpha value is -2.57. The zero-order valence-electron chi connectivity index (χ0n) is 21.2. The largest absolute Gasteiger partial charge is 0.352 e. The van der Waals surface area contributed by atoms with Crippen molar-refractivity contribution in [2.75, 3.05) is 5.75 Å². The third-order valence-corrected chi connectivity index (χ3v) is 7.69. The van der Waals surface area contributed by atoms with Gasteiger partial charge in [0.25, 0.3) is 0 Å². The van der Waals surface area contributed by atoms with E-state index in [2.05, 4.69) is 52.4 Å². The highest BCUT2D eigenvalue weighted by atomic mass is 79.9. The number of hydrogen-bond acceptors (Lipinski definition) is 3. The van der Waals surface area contributed by atoms with Gasteiger partial charge in [-0.3, -0.25) is 9.59 Å². The van der Waals surface area contributed by atoms with E-state index in [1.807, 2.05) is 68.4 Å². The fourth-order valence-corrected chi connectivity index (χ4v) is 4.92. The van der Waals surface area contributed by atoms with E-state index < -0.39 is 6.04 Å². The first-order valence-electron chi connectivity index (χ1n) is 12.4. The summed E-state index contributed by atoms with van der Waals surface area (Å²) in [6.07, 6.45) is 1.66. The molecule has 0 spiro atoms. The van der Waals surface area contributed by atoms with Gasteiger partial charge < -0.3 is 10.2 Å². The molecule has 0 bridgehead atoms. The summed E-state index contributed by atoms with van der Waals surface area (Å²) in [6.45, 7) is 6.49. The van der Waals surface area contributed by atoms with Crippen LogP contribution < -0.4 is 5.32 Å². The summed E-state index contributed by atoms with van der Waals surface area (Å²) >= 11 is 5.15. The lowest BCUT2D eigenvalue weighted by atomic mass is 10.0. The highest BCUT2D eigenvalue weighted by Crippen LogP contribution is 2.22. The van der Waals surface area contributed by atoms with Crippen LogP contribution in [0.25, 0.3) is 0 Å². The predicted molar refractivity (Wildman–Crippen MR) is 153 cm³/mol. The topological polar surface area (TPSA) is 49.4 Å². The summed E-state index contributed by atoms with van der Waals surface area (Å²) < 4.78 is 0.981. The van der Waals surface area contributed by atoms with E-state index >= 15 is 0 Å². The number of benzene rings is 3. The number of nitrogens with one attached hydrogen (secondary N) is 1. The lowest BCUT2D eigenvalue weighted by Gasteiger charge is -2.32. The van der Waals surface area contributed by atoms with Gasteiger partial charge in [0.1, 0.15) is 6.04 Å². The fourth-order valence-electron chi connectivity index (χ4n) is 3.82. The van der Waals surface area contributed by atoms with E-state index in [1.165, 1.54) is 5.56 Å². The van der Waals surface area contributed by atoms with Crippen LogP contribution in [0.1, 0.15) is 43.4 Å². The van der Waals surface area contributed by atoms with Crippen LogP contribution in [-0.4, -0.2) is 34.6 Å². The average Bonchev–Trinajstić information content (AvgIpc) is 2.88. The van der Waals surface area contributed by atoms with Crippen molar-refractivity contribution in [3.8, 4) is 0 Å². The highest BCUT2D eigenvalue weighted by Gasteiger charge is 2.30. The Labute approximate surface area is 228 Å². The minimum atomic E-state index is -0.595. The number of nitrogens with zero attached hydrogens (tertiary/aromatic N) is 1. The molecule has 0 aliphatic rings. The molecule has 0 aromatic heterocycles. The van der Waals surface area contributed by atoms with Crippen molar-refractivity contribution in [1.82, 2.24) is 10.2 Å². The van der Waals surface area contributed by atoms with Crippen molar-refractivity contribution in [3.05, 3.63) is 100 Å². The van der Waals surface area contributed by atoms with Crippen LogP contribution in [0.4, 0.5) is 0 Å². The van der Waals surface area contributed by atoms with Gasteiger partial charge in [0.05, 0.1) is 0 Å². The predicted octanol–water partition coefficient (Wildman–Crippen LogP) is 6.79. The van der Waals surface area contributed by atoms with Gasteiger partial charge in [-0.1, -0.05) is 83.0 Å². The molecule has 0 radical (unpaired) electrons. The summed E-state index contributed by atoms with van der Waals surface area (Å²) in [5.74, 6) is 0.534. The van der Waals surface area contributed by atoms with Gasteiger partial charge in [0.2, 0.25) is 11.8 Å². The molecule has 0 aliphatic carbocycles. The van der Waals surface area contributed by atoms with Crippen molar-refractivity contribution < 1.29 is 9.59 Å². The number of carbonyl (C=O) groups is 2. The molecule has 3 rings (SSSR count). The maximum absolute atomic E-state index is 13.7. The normalized spacial score (nSPS) is 12.6. The second kappa shape index (κ2) is 14.2. The standard InChI is InChI=1S/C30H35BrN2O2S/c1-4-23(3)32-30(35)28(20-24-8-6-5-7-9-24)33(21-25-12-14-26(31)15-13-25)29(34)18-19-36-27-16-10-22(2)11-17-27/h5-17,23,28H,4,18-21H2,1-3H3,(H,32,35)/t23-,28+/m1/s1. The Morgan fingerprint density at radius 3 is 2.25 bits per heavy atom. The SMILES string of the molecule is CC[C@@H](C)NC(=O)[C@H](Cc1ccccc1)N(Cc1ccc(Br)cc1)C(=O)CCSc1ccc(C)cc1. The molecule has 2 amide bonds. The molecule has 0 fully saturated rings. The van der Waals surface area contributed by atoms with Gasteiger partial charge in [-0.25, -0.2) is 0 Å². The number of rotatable bonds is 12. The van der Waals surface area contributed by atoms with Gasteiger partial charge >= 0.3 is 0 Å². The fraction of sp³-hybridized carbons (Fsp3) is 0.333. The average molecular weight is 568 g/mol. The molecule has 4 nitrogen and oxygen atoms in total. The molecule has 190 valence electrons. The first kappa shape index (κ1) is 28.0.